The summed E-state index contributed by atoms with van der Waals surface area (Å²) in [7, 11) is 0. The highest BCUT2D eigenvalue weighted by Gasteiger charge is 2.23. The molecule has 0 aliphatic heterocycles. The van der Waals surface area contributed by atoms with Gasteiger partial charge >= 0.3 is 0 Å². The third kappa shape index (κ3) is 2.28. The summed E-state index contributed by atoms with van der Waals surface area (Å²) in [6, 6.07) is 0. The molecule has 0 fully saturated rings. The molecule has 74 valence electrons. The minimum Gasteiger partial charge on any atom is -0.396 e. The smallest absolute Gasteiger partial charge is 0.0884 e. The first-order valence-corrected chi connectivity index (χ1v) is 4.61. The van der Waals surface area contributed by atoms with E-state index < -0.39 is 0 Å². The molecular weight excluding hydrogens is 166 g/mol. The van der Waals surface area contributed by atoms with Gasteiger partial charge in [-0.1, -0.05) is 19.1 Å². The highest BCUT2D eigenvalue weighted by Crippen LogP contribution is 2.23. The van der Waals surface area contributed by atoms with E-state index >= 15 is 0 Å². The standard InChI is InChI=1S/C9H17N3O/c1-4-12-7-8(10-11-12)9(2,3)5-6-13/h7,13H,4-6H2,1-3H3. The van der Waals surface area contributed by atoms with E-state index in [2.05, 4.69) is 24.2 Å². The van der Waals surface area contributed by atoms with Crippen molar-refractivity contribution in [1.82, 2.24) is 15.0 Å². The van der Waals surface area contributed by atoms with Crippen LogP contribution in [0.2, 0.25) is 0 Å². The molecular formula is C9H17N3O. The number of aliphatic hydroxyl groups is 1. The summed E-state index contributed by atoms with van der Waals surface area (Å²) in [6.45, 7) is 7.17. The van der Waals surface area contributed by atoms with E-state index in [1.54, 1.807) is 4.68 Å². The molecule has 1 heterocycles. The van der Waals surface area contributed by atoms with Gasteiger partial charge in [0, 0.05) is 24.8 Å². The maximum absolute atomic E-state index is 8.87. The third-order valence-electron chi connectivity index (χ3n) is 2.29. The van der Waals surface area contributed by atoms with Crippen LogP contribution >= 0.6 is 0 Å². The lowest BCUT2D eigenvalue weighted by molar-refractivity contribution is 0.250. The molecule has 0 unspecified atom stereocenters. The Morgan fingerprint density at radius 2 is 2.23 bits per heavy atom. The Hall–Kier alpha value is -0.900. The van der Waals surface area contributed by atoms with Crippen LogP contribution < -0.4 is 0 Å². The summed E-state index contributed by atoms with van der Waals surface area (Å²) >= 11 is 0. The van der Waals surface area contributed by atoms with E-state index in [1.165, 1.54) is 0 Å². The van der Waals surface area contributed by atoms with Crippen LogP contribution in [0.4, 0.5) is 0 Å². The van der Waals surface area contributed by atoms with Crippen molar-refractivity contribution in [2.75, 3.05) is 6.61 Å². The largest absolute Gasteiger partial charge is 0.396 e. The predicted octanol–water partition coefficient (Wildman–Crippen LogP) is 0.958. The SMILES string of the molecule is CCn1cc(C(C)(C)CCO)nn1. The summed E-state index contributed by atoms with van der Waals surface area (Å²) in [5.41, 5.74) is 0.866. The fourth-order valence-electron chi connectivity index (χ4n) is 1.17. The maximum Gasteiger partial charge on any atom is 0.0884 e. The van der Waals surface area contributed by atoms with Crippen LogP contribution in [0.5, 0.6) is 0 Å². The van der Waals surface area contributed by atoms with Gasteiger partial charge in [-0.3, -0.25) is 4.68 Å². The van der Waals surface area contributed by atoms with Crippen molar-refractivity contribution in [3.63, 3.8) is 0 Å². The Balaban J connectivity index is 2.80. The molecule has 0 radical (unpaired) electrons. The van der Waals surface area contributed by atoms with Gasteiger partial charge in [0.1, 0.15) is 0 Å². The quantitative estimate of drug-likeness (QED) is 0.756. The van der Waals surface area contributed by atoms with Gasteiger partial charge in [-0.05, 0) is 13.3 Å². The molecule has 0 saturated heterocycles. The molecule has 0 saturated carbocycles. The Labute approximate surface area is 78.6 Å². The minimum atomic E-state index is -0.0812. The van der Waals surface area contributed by atoms with Crippen molar-refractivity contribution in [3.8, 4) is 0 Å². The van der Waals surface area contributed by atoms with E-state index in [1.807, 2.05) is 13.1 Å². The van der Waals surface area contributed by atoms with E-state index in [9.17, 15) is 0 Å². The molecule has 0 aliphatic carbocycles. The first kappa shape index (κ1) is 10.2. The van der Waals surface area contributed by atoms with Crippen molar-refractivity contribution < 1.29 is 5.11 Å². The van der Waals surface area contributed by atoms with Crippen molar-refractivity contribution in [2.24, 2.45) is 0 Å². The van der Waals surface area contributed by atoms with E-state index in [-0.39, 0.29) is 12.0 Å². The zero-order valence-corrected chi connectivity index (χ0v) is 8.49. The van der Waals surface area contributed by atoms with Gasteiger partial charge in [-0.15, -0.1) is 5.10 Å². The van der Waals surface area contributed by atoms with Crippen LogP contribution in [0.3, 0.4) is 0 Å². The molecule has 1 aromatic rings. The zero-order chi connectivity index (χ0) is 9.90. The highest BCUT2D eigenvalue weighted by atomic mass is 16.3. The van der Waals surface area contributed by atoms with E-state index in [0.717, 1.165) is 18.7 Å². The lowest BCUT2D eigenvalue weighted by Gasteiger charge is -2.19. The second-order valence-corrected chi connectivity index (χ2v) is 3.82. The lowest BCUT2D eigenvalue weighted by atomic mass is 9.86. The van der Waals surface area contributed by atoms with Crippen LogP contribution in [-0.2, 0) is 12.0 Å². The molecule has 1 aromatic heterocycles. The summed E-state index contributed by atoms with van der Waals surface area (Å²) in [4.78, 5) is 0. The lowest BCUT2D eigenvalue weighted by Crippen LogP contribution is -2.19. The number of hydrogen-bond acceptors (Lipinski definition) is 3. The molecule has 4 nitrogen and oxygen atoms in total. The summed E-state index contributed by atoms with van der Waals surface area (Å²) in [5, 5.41) is 16.9. The highest BCUT2D eigenvalue weighted by molar-refractivity contribution is 5.08. The summed E-state index contributed by atoms with van der Waals surface area (Å²) in [6.07, 6.45) is 2.66. The van der Waals surface area contributed by atoms with Crippen molar-refractivity contribution >= 4 is 0 Å². The summed E-state index contributed by atoms with van der Waals surface area (Å²) in [5.74, 6) is 0. The normalized spacial score (nSPS) is 12.0. The zero-order valence-electron chi connectivity index (χ0n) is 8.49. The molecule has 1 N–H and O–H groups in total. The molecule has 13 heavy (non-hydrogen) atoms. The summed E-state index contributed by atoms with van der Waals surface area (Å²) < 4.78 is 1.80. The van der Waals surface area contributed by atoms with Gasteiger partial charge in [-0.25, -0.2) is 0 Å². The number of aryl methyl sites for hydroxylation is 1. The van der Waals surface area contributed by atoms with Gasteiger partial charge in [0.25, 0.3) is 0 Å². The number of hydrogen-bond donors (Lipinski definition) is 1. The molecule has 1 rings (SSSR count). The topological polar surface area (TPSA) is 50.9 Å². The van der Waals surface area contributed by atoms with Crippen LogP contribution in [0.1, 0.15) is 32.9 Å². The fraction of sp³-hybridized carbons (Fsp3) is 0.778. The van der Waals surface area contributed by atoms with Gasteiger partial charge < -0.3 is 5.11 Å². The minimum absolute atomic E-state index is 0.0812. The van der Waals surface area contributed by atoms with Gasteiger partial charge in [0.2, 0.25) is 0 Å². The number of aromatic nitrogens is 3. The monoisotopic (exact) mass is 183 g/mol. The molecule has 0 aliphatic rings. The molecule has 0 aromatic carbocycles. The maximum atomic E-state index is 8.87. The van der Waals surface area contributed by atoms with Crippen molar-refractivity contribution in [2.45, 2.75) is 39.2 Å². The Morgan fingerprint density at radius 3 is 2.69 bits per heavy atom. The van der Waals surface area contributed by atoms with Gasteiger partial charge in [0.05, 0.1) is 5.69 Å². The van der Waals surface area contributed by atoms with Crippen LogP contribution in [0.25, 0.3) is 0 Å². The molecule has 0 amide bonds. The van der Waals surface area contributed by atoms with Gasteiger partial charge in [-0.2, -0.15) is 0 Å². The first-order chi connectivity index (χ1) is 6.10. The second kappa shape index (κ2) is 3.87. The van der Waals surface area contributed by atoms with Crippen molar-refractivity contribution in [3.05, 3.63) is 11.9 Å². The number of aliphatic hydroxyl groups excluding tert-OH is 1. The Kier molecular flexibility index (Phi) is 3.03. The van der Waals surface area contributed by atoms with E-state index in [0.29, 0.717) is 0 Å². The molecule has 0 atom stereocenters. The third-order valence-corrected chi connectivity index (χ3v) is 2.29. The molecule has 0 bridgehead atoms. The number of nitrogens with zero attached hydrogens (tertiary/aromatic N) is 3. The van der Waals surface area contributed by atoms with Crippen LogP contribution in [0, 0.1) is 0 Å². The van der Waals surface area contributed by atoms with Crippen LogP contribution in [0.15, 0.2) is 6.20 Å². The predicted molar refractivity (Wildman–Crippen MR) is 50.4 cm³/mol. The van der Waals surface area contributed by atoms with Crippen molar-refractivity contribution in [1.29, 1.82) is 0 Å². The fourth-order valence-corrected chi connectivity index (χ4v) is 1.17. The second-order valence-electron chi connectivity index (χ2n) is 3.82. The van der Waals surface area contributed by atoms with E-state index in [4.69, 9.17) is 5.11 Å². The average Bonchev–Trinajstić information content (AvgIpc) is 2.52. The molecule has 4 heteroatoms. The van der Waals surface area contributed by atoms with Crippen LogP contribution in [-0.4, -0.2) is 26.7 Å². The Morgan fingerprint density at radius 1 is 1.54 bits per heavy atom. The average molecular weight is 183 g/mol. The first-order valence-electron chi connectivity index (χ1n) is 4.61. The molecule has 0 spiro atoms. The Bertz CT molecular complexity index is 268. The van der Waals surface area contributed by atoms with Gasteiger partial charge in [0.15, 0.2) is 0 Å². The number of rotatable bonds is 4.